The van der Waals surface area contributed by atoms with E-state index in [1.54, 1.807) is 26.3 Å². The number of rotatable bonds is 6. The number of aliphatic imine (C=N–C) groups is 1. The van der Waals surface area contributed by atoms with Crippen LogP contribution in [0.4, 0.5) is 0 Å². The van der Waals surface area contributed by atoms with E-state index in [0.29, 0.717) is 42.0 Å². The maximum Gasteiger partial charge on any atom is 0.341 e. The van der Waals surface area contributed by atoms with Gasteiger partial charge in [0.25, 0.3) is 0 Å². The van der Waals surface area contributed by atoms with Gasteiger partial charge < -0.3 is 24.2 Å². The number of oxazole rings is 1. The molecule has 3 aromatic rings. The first-order valence-electron chi connectivity index (χ1n) is 9.13. The van der Waals surface area contributed by atoms with Crippen molar-refractivity contribution in [3.8, 4) is 11.5 Å². The van der Waals surface area contributed by atoms with Crippen molar-refractivity contribution in [1.82, 2.24) is 15.6 Å². The lowest BCUT2D eigenvalue weighted by Gasteiger charge is -2.09. The van der Waals surface area contributed by atoms with Crippen LogP contribution in [-0.2, 0) is 17.8 Å². The van der Waals surface area contributed by atoms with Gasteiger partial charge in [-0.1, -0.05) is 17.7 Å². The zero-order valence-corrected chi connectivity index (χ0v) is 16.9. The van der Waals surface area contributed by atoms with E-state index in [1.165, 1.54) is 12.7 Å². The molecule has 2 heterocycles. The predicted octanol–water partition coefficient (Wildman–Crippen LogP) is 3.20. The van der Waals surface area contributed by atoms with Crippen LogP contribution >= 0.6 is 0 Å². The van der Waals surface area contributed by atoms with Crippen LogP contribution in [-0.4, -0.2) is 31.1 Å². The summed E-state index contributed by atoms with van der Waals surface area (Å²) in [5.41, 5.74) is 3.28. The molecule has 29 heavy (non-hydrogen) atoms. The fourth-order valence-corrected chi connectivity index (χ4v) is 2.73. The van der Waals surface area contributed by atoms with Crippen LogP contribution in [0.25, 0.3) is 11.5 Å². The average Bonchev–Trinajstić information content (AvgIpc) is 3.35. The van der Waals surface area contributed by atoms with Crippen molar-refractivity contribution in [3.05, 3.63) is 64.9 Å². The highest BCUT2D eigenvalue weighted by atomic mass is 16.5. The van der Waals surface area contributed by atoms with Gasteiger partial charge in [-0.3, -0.25) is 4.99 Å². The Hall–Kier alpha value is -3.55. The number of benzene rings is 1. The molecule has 0 aliphatic rings. The molecule has 0 saturated heterocycles. The lowest BCUT2D eigenvalue weighted by atomic mass is 10.1. The van der Waals surface area contributed by atoms with Crippen LogP contribution < -0.4 is 10.6 Å². The summed E-state index contributed by atoms with van der Waals surface area (Å²) in [6, 6.07) is 9.66. The minimum absolute atomic E-state index is 0.366. The third-order valence-electron chi connectivity index (χ3n) is 4.32. The van der Waals surface area contributed by atoms with Gasteiger partial charge in [-0.05, 0) is 32.0 Å². The summed E-state index contributed by atoms with van der Waals surface area (Å²) in [6.07, 6.45) is 1.62. The molecule has 0 atom stereocenters. The van der Waals surface area contributed by atoms with Crippen LogP contribution in [0, 0.1) is 13.8 Å². The molecular weight excluding hydrogens is 372 g/mol. The number of aryl methyl sites for hydroxylation is 2. The summed E-state index contributed by atoms with van der Waals surface area (Å²) in [5, 5.41) is 6.30. The second kappa shape index (κ2) is 9.09. The highest BCUT2D eigenvalue weighted by molar-refractivity contribution is 5.90. The minimum Gasteiger partial charge on any atom is -0.465 e. The summed E-state index contributed by atoms with van der Waals surface area (Å²) in [5.74, 6) is 1.84. The summed E-state index contributed by atoms with van der Waals surface area (Å²) < 4.78 is 15.9. The Bertz CT molecular complexity index is 1000. The number of guanidine groups is 1. The summed E-state index contributed by atoms with van der Waals surface area (Å²) >= 11 is 0. The van der Waals surface area contributed by atoms with Gasteiger partial charge in [-0.2, -0.15) is 0 Å². The van der Waals surface area contributed by atoms with Crippen LogP contribution in [0.5, 0.6) is 0 Å². The molecule has 0 bridgehead atoms. The molecule has 0 aliphatic carbocycles. The second-order valence-corrected chi connectivity index (χ2v) is 6.46. The Balaban J connectivity index is 1.55. The van der Waals surface area contributed by atoms with E-state index >= 15 is 0 Å². The van der Waals surface area contributed by atoms with Gasteiger partial charge in [0.15, 0.2) is 5.96 Å². The van der Waals surface area contributed by atoms with Crippen LogP contribution in [0.2, 0.25) is 0 Å². The third-order valence-corrected chi connectivity index (χ3v) is 4.32. The van der Waals surface area contributed by atoms with Crippen molar-refractivity contribution < 1.29 is 18.4 Å². The number of carbonyl (C=O) groups excluding carboxylic acids is 1. The van der Waals surface area contributed by atoms with E-state index in [4.69, 9.17) is 13.6 Å². The van der Waals surface area contributed by atoms with E-state index in [1.807, 2.05) is 31.2 Å². The van der Waals surface area contributed by atoms with E-state index < -0.39 is 5.97 Å². The highest BCUT2D eigenvalue weighted by Crippen LogP contribution is 2.19. The zero-order valence-electron chi connectivity index (χ0n) is 16.9. The fourth-order valence-electron chi connectivity index (χ4n) is 2.73. The van der Waals surface area contributed by atoms with E-state index in [0.717, 1.165) is 11.3 Å². The zero-order chi connectivity index (χ0) is 20.8. The molecule has 0 amide bonds. The number of furan rings is 1. The largest absolute Gasteiger partial charge is 0.465 e. The Morgan fingerprint density at radius 1 is 1.17 bits per heavy atom. The summed E-state index contributed by atoms with van der Waals surface area (Å²) in [7, 11) is 3.01. The van der Waals surface area contributed by atoms with Crippen molar-refractivity contribution in [2.45, 2.75) is 26.9 Å². The molecule has 0 spiro atoms. The van der Waals surface area contributed by atoms with Crippen LogP contribution in [0.3, 0.4) is 0 Å². The molecule has 0 saturated carbocycles. The Morgan fingerprint density at radius 3 is 2.59 bits per heavy atom. The van der Waals surface area contributed by atoms with Gasteiger partial charge in [0, 0.05) is 12.6 Å². The van der Waals surface area contributed by atoms with Crippen LogP contribution in [0.15, 0.2) is 50.4 Å². The molecule has 0 radical (unpaired) electrons. The first-order valence-corrected chi connectivity index (χ1v) is 9.13. The van der Waals surface area contributed by atoms with Crippen molar-refractivity contribution in [2.24, 2.45) is 4.99 Å². The highest BCUT2D eigenvalue weighted by Gasteiger charge is 2.15. The number of carbonyl (C=O) groups is 1. The van der Waals surface area contributed by atoms with Crippen LogP contribution in [0.1, 0.15) is 33.1 Å². The predicted molar refractivity (Wildman–Crippen MR) is 108 cm³/mol. The lowest BCUT2D eigenvalue weighted by Crippen LogP contribution is -2.36. The monoisotopic (exact) mass is 396 g/mol. The van der Waals surface area contributed by atoms with Crippen molar-refractivity contribution in [2.75, 3.05) is 14.2 Å². The second-order valence-electron chi connectivity index (χ2n) is 6.46. The number of nitrogens with zero attached hydrogens (tertiary/aromatic N) is 2. The molecule has 0 unspecified atom stereocenters. The normalized spacial score (nSPS) is 11.4. The van der Waals surface area contributed by atoms with E-state index in [2.05, 4.69) is 20.6 Å². The minimum atomic E-state index is -0.421. The molecular formula is C21H24N4O4. The Labute approximate surface area is 169 Å². The summed E-state index contributed by atoms with van der Waals surface area (Å²) in [6.45, 7) is 4.57. The smallest absolute Gasteiger partial charge is 0.341 e. The van der Waals surface area contributed by atoms with Gasteiger partial charge in [0.05, 0.1) is 25.9 Å². The molecule has 2 N–H and O–H groups in total. The van der Waals surface area contributed by atoms with Gasteiger partial charge in [0.2, 0.25) is 5.89 Å². The van der Waals surface area contributed by atoms with Gasteiger partial charge in [0.1, 0.15) is 23.3 Å². The SMILES string of the molecule is CN=C(NCc1coc(-c2ccc(C)cc2)n1)NCc1cc(C(=O)OC)c(C)o1. The quantitative estimate of drug-likeness (QED) is 0.375. The van der Waals surface area contributed by atoms with Crippen molar-refractivity contribution >= 4 is 11.9 Å². The Morgan fingerprint density at radius 2 is 1.90 bits per heavy atom. The topological polar surface area (TPSA) is 102 Å². The van der Waals surface area contributed by atoms with Gasteiger partial charge >= 0.3 is 5.97 Å². The first-order chi connectivity index (χ1) is 14.0. The van der Waals surface area contributed by atoms with Crippen molar-refractivity contribution in [3.63, 3.8) is 0 Å². The molecule has 1 aromatic carbocycles. The van der Waals surface area contributed by atoms with E-state index in [9.17, 15) is 4.79 Å². The number of aromatic nitrogens is 1. The number of nitrogens with one attached hydrogen (secondary N) is 2. The first kappa shape index (κ1) is 20.2. The summed E-state index contributed by atoms with van der Waals surface area (Å²) in [4.78, 5) is 20.3. The number of methoxy groups -OCH3 is 1. The molecule has 8 heteroatoms. The average molecular weight is 396 g/mol. The lowest BCUT2D eigenvalue weighted by molar-refractivity contribution is 0.0599. The van der Waals surface area contributed by atoms with Gasteiger partial charge in [-0.25, -0.2) is 9.78 Å². The molecule has 8 nitrogen and oxygen atoms in total. The van der Waals surface area contributed by atoms with Gasteiger partial charge in [-0.15, -0.1) is 0 Å². The molecule has 0 fully saturated rings. The maximum absolute atomic E-state index is 11.7. The number of hydrogen-bond donors (Lipinski definition) is 2. The number of ether oxygens (including phenoxy) is 1. The molecule has 3 rings (SSSR count). The molecule has 152 valence electrons. The fraction of sp³-hybridized carbons (Fsp3) is 0.286. The van der Waals surface area contributed by atoms with E-state index in [-0.39, 0.29) is 0 Å². The number of hydrogen-bond acceptors (Lipinski definition) is 6. The molecule has 0 aliphatic heterocycles. The third kappa shape index (κ3) is 5.04. The standard InChI is InChI=1S/C21H24N4O4/c1-13-5-7-15(8-6-13)19-25-16(12-28-19)10-23-21(22-3)24-11-17-9-18(14(2)29-17)20(26)27-4/h5-9,12H,10-11H2,1-4H3,(H2,22,23,24). The molecule has 2 aromatic heterocycles. The maximum atomic E-state index is 11.7. The number of esters is 1. The Kier molecular flexibility index (Phi) is 6.33. The van der Waals surface area contributed by atoms with Crippen molar-refractivity contribution in [1.29, 1.82) is 0 Å².